The van der Waals surface area contributed by atoms with Gasteiger partial charge in [0.15, 0.2) is 11.5 Å². The number of alkyl halides is 5. The zero-order valence-electron chi connectivity index (χ0n) is 32.2. The number of aromatic nitrogens is 5. The van der Waals surface area contributed by atoms with Gasteiger partial charge in [0.05, 0.1) is 53.2 Å². The molecule has 5 aromatic rings. The molecule has 0 radical (unpaired) electrons. The van der Waals surface area contributed by atoms with E-state index in [4.69, 9.17) is 21.3 Å². The molecule has 318 valence electrons. The van der Waals surface area contributed by atoms with Gasteiger partial charge < -0.3 is 10.1 Å². The number of carbonyl (C=O) groups excluding carboxylic acids is 1. The van der Waals surface area contributed by atoms with Gasteiger partial charge in [-0.3, -0.25) is 24.2 Å². The second-order valence-corrected chi connectivity index (χ2v) is 16.9. The van der Waals surface area contributed by atoms with Crippen LogP contribution < -0.4 is 15.4 Å². The number of pyridine rings is 1. The molecule has 1 fully saturated rings. The van der Waals surface area contributed by atoms with Crippen molar-refractivity contribution < 1.29 is 48.7 Å². The lowest BCUT2D eigenvalue weighted by atomic mass is 9.93. The monoisotopic (exact) mass is 880 g/mol. The zero-order valence-corrected chi connectivity index (χ0v) is 33.8. The highest BCUT2D eigenvalue weighted by Gasteiger charge is 2.57. The van der Waals surface area contributed by atoms with Crippen LogP contribution in [0.5, 0.6) is 0 Å². The van der Waals surface area contributed by atoms with Gasteiger partial charge in [-0.15, -0.1) is 0 Å². The Bertz CT molecular complexity index is 2670. The molecular weight excluding hydrogens is 845 g/mol. The second-order valence-electron chi connectivity index (χ2n) is 14.7. The number of ether oxygens (including phenoxy) is 1. The first-order chi connectivity index (χ1) is 28.1. The molecule has 1 unspecified atom stereocenters. The van der Waals surface area contributed by atoms with E-state index in [0.717, 1.165) is 25.3 Å². The number of hydrogen-bond acceptors (Lipinski definition) is 8. The highest BCUT2D eigenvalue weighted by molar-refractivity contribution is 7.92. The lowest BCUT2D eigenvalue weighted by Crippen LogP contribution is -2.40. The number of fused-ring (bicyclic) bond motifs is 2. The average Bonchev–Trinajstić information content (AvgIpc) is 3.76. The van der Waals surface area contributed by atoms with E-state index in [-0.39, 0.29) is 57.8 Å². The van der Waals surface area contributed by atoms with Gasteiger partial charge in [-0.05, 0) is 54.2 Å². The summed E-state index contributed by atoms with van der Waals surface area (Å²) in [5.41, 5.74) is -2.21. The molecule has 12 nitrogen and oxygen atoms in total. The number of morpholine rings is 1. The quantitative estimate of drug-likeness (QED) is 0.113. The predicted molar refractivity (Wildman–Crippen MR) is 207 cm³/mol. The SMILES string of the molecule is C[C@@H]1c2c(C(F)(F)F)nn(CC(=O)N[C@@H](Cc3cc(F)cc(F)c3)c3nc(C#CC4COCCN4)ccc3-c3ccc(Cl)c4c(NS(C)(=O)=O)nn(C)c34)c2C(F)(F)[C@@H]1C. The summed E-state index contributed by atoms with van der Waals surface area (Å²) in [6.07, 6.45) is -4.57. The Morgan fingerprint density at radius 3 is 2.45 bits per heavy atom. The number of sulfonamides is 1. The third-order valence-corrected chi connectivity index (χ3v) is 11.3. The fourth-order valence-corrected chi connectivity index (χ4v) is 8.35. The molecule has 1 aliphatic heterocycles. The normalized spacial score (nSPS) is 19.4. The summed E-state index contributed by atoms with van der Waals surface area (Å²) in [6.45, 7) is 2.54. The third kappa shape index (κ3) is 8.53. The molecule has 2 aromatic carbocycles. The molecule has 21 heteroatoms. The first-order valence-electron chi connectivity index (χ1n) is 18.4. The number of benzene rings is 2. The highest BCUT2D eigenvalue weighted by atomic mass is 35.5. The average molecular weight is 881 g/mol. The van der Waals surface area contributed by atoms with Gasteiger partial charge in [0.1, 0.15) is 29.6 Å². The van der Waals surface area contributed by atoms with Crippen molar-refractivity contribution in [2.75, 3.05) is 30.7 Å². The lowest BCUT2D eigenvalue weighted by molar-refractivity contribution is -0.143. The first-order valence-corrected chi connectivity index (χ1v) is 20.7. The number of amides is 1. The van der Waals surface area contributed by atoms with Gasteiger partial charge in [0, 0.05) is 42.3 Å². The maximum absolute atomic E-state index is 15.6. The Morgan fingerprint density at radius 2 is 1.80 bits per heavy atom. The van der Waals surface area contributed by atoms with Crippen LogP contribution in [-0.4, -0.2) is 70.9 Å². The molecule has 3 N–H and O–H groups in total. The second kappa shape index (κ2) is 16.0. The largest absolute Gasteiger partial charge is 0.435 e. The number of nitrogens with one attached hydrogen (secondary N) is 3. The van der Waals surface area contributed by atoms with Crippen LogP contribution in [0.15, 0.2) is 42.5 Å². The van der Waals surface area contributed by atoms with Gasteiger partial charge in [-0.25, -0.2) is 22.2 Å². The molecular formula is C39H36ClF7N8O4S. The van der Waals surface area contributed by atoms with Crippen molar-refractivity contribution in [3.63, 3.8) is 0 Å². The van der Waals surface area contributed by atoms with Crippen molar-refractivity contribution in [2.45, 2.75) is 56.9 Å². The van der Waals surface area contributed by atoms with Gasteiger partial charge >= 0.3 is 6.18 Å². The van der Waals surface area contributed by atoms with E-state index in [1.807, 2.05) is 0 Å². The van der Waals surface area contributed by atoms with Crippen molar-refractivity contribution in [3.05, 3.63) is 93.0 Å². The van der Waals surface area contributed by atoms with Crippen molar-refractivity contribution >= 4 is 44.3 Å². The van der Waals surface area contributed by atoms with E-state index in [1.54, 1.807) is 18.2 Å². The van der Waals surface area contributed by atoms with E-state index in [1.165, 1.54) is 24.7 Å². The Balaban J connectivity index is 1.39. The minimum Gasteiger partial charge on any atom is -0.377 e. The number of carbonyl (C=O) groups is 1. The topological polar surface area (TPSA) is 145 Å². The summed E-state index contributed by atoms with van der Waals surface area (Å²) in [5.74, 6) is -3.70. The van der Waals surface area contributed by atoms with E-state index in [0.29, 0.717) is 35.0 Å². The van der Waals surface area contributed by atoms with E-state index in [2.05, 4.69) is 37.4 Å². The van der Waals surface area contributed by atoms with Gasteiger partial charge in [0.2, 0.25) is 15.9 Å². The van der Waals surface area contributed by atoms with Gasteiger partial charge in [-0.1, -0.05) is 37.4 Å². The standard InChI is InChI=1S/C39H36ClF7N8O4S/c1-19-20(2)38(43,44)36-31(19)35(39(45,46)47)51-55(36)17-30(56)50-29(15-21-13-22(41)16-23(42)14-21)33-26(8-7-24(49-33)5-6-25-18-59-12-11-48-25)27-9-10-28(40)32-34(27)54(3)52-37(32)53-60(4,57)58/h7-10,13-14,16,19-20,25,29,48H,11-12,15,17-18H2,1-4H3,(H,50,56)(H,52,53)/t19-,20+,25?,29-/m0/s1. The molecule has 60 heavy (non-hydrogen) atoms. The molecule has 4 atom stereocenters. The Kier molecular flexibility index (Phi) is 11.4. The van der Waals surface area contributed by atoms with Crippen LogP contribution in [0.1, 0.15) is 59.7 Å². The Labute approximate surface area is 343 Å². The van der Waals surface area contributed by atoms with Crippen molar-refractivity contribution in [3.8, 4) is 23.0 Å². The van der Waals surface area contributed by atoms with Crippen LogP contribution in [0.3, 0.4) is 0 Å². The Morgan fingerprint density at radius 1 is 1.10 bits per heavy atom. The number of rotatable bonds is 9. The number of anilines is 1. The van der Waals surface area contributed by atoms with Crippen LogP contribution in [0.2, 0.25) is 5.02 Å². The molecule has 1 amide bonds. The molecule has 1 saturated heterocycles. The highest BCUT2D eigenvalue weighted by Crippen LogP contribution is 2.55. The van der Waals surface area contributed by atoms with Crippen LogP contribution in [0.4, 0.5) is 36.6 Å². The summed E-state index contributed by atoms with van der Waals surface area (Å²) < 4.78 is 137. The molecule has 7 rings (SSSR count). The summed E-state index contributed by atoms with van der Waals surface area (Å²) in [6, 6.07) is 7.07. The van der Waals surface area contributed by atoms with Crippen LogP contribution in [0, 0.1) is 29.4 Å². The fraction of sp³-hybridized carbons (Fsp3) is 0.385. The third-order valence-electron chi connectivity index (χ3n) is 10.4. The molecule has 0 spiro atoms. The molecule has 2 aliphatic rings. The van der Waals surface area contributed by atoms with E-state index >= 15 is 8.78 Å². The van der Waals surface area contributed by atoms with Crippen LogP contribution >= 0.6 is 11.6 Å². The minimum absolute atomic E-state index is 0.0144. The fourth-order valence-electron chi connectivity index (χ4n) is 7.62. The molecule has 3 aromatic heterocycles. The summed E-state index contributed by atoms with van der Waals surface area (Å²) >= 11 is 6.60. The zero-order chi connectivity index (χ0) is 43.5. The molecule has 0 bridgehead atoms. The predicted octanol–water partition coefficient (Wildman–Crippen LogP) is 6.44. The minimum atomic E-state index is -5.11. The summed E-state index contributed by atoms with van der Waals surface area (Å²) in [4.78, 5) is 18.8. The van der Waals surface area contributed by atoms with Gasteiger partial charge in [-0.2, -0.15) is 32.1 Å². The molecule has 0 saturated carbocycles. The van der Waals surface area contributed by atoms with Crippen LogP contribution in [0.25, 0.3) is 22.0 Å². The molecule has 4 heterocycles. The summed E-state index contributed by atoms with van der Waals surface area (Å²) in [5, 5.41) is 13.9. The van der Waals surface area contributed by atoms with E-state index in [9.17, 15) is 35.2 Å². The lowest BCUT2D eigenvalue weighted by Gasteiger charge is -2.23. The number of hydrogen-bond donors (Lipinski definition) is 3. The summed E-state index contributed by atoms with van der Waals surface area (Å²) in [7, 11) is -2.33. The van der Waals surface area contributed by atoms with Crippen LogP contribution in [-0.2, 0) is 51.7 Å². The number of nitrogens with zero attached hydrogens (tertiary/aromatic N) is 5. The van der Waals surface area contributed by atoms with E-state index < -0.39 is 81.0 Å². The smallest absolute Gasteiger partial charge is 0.377 e. The van der Waals surface area contributed by atoms with Crippen molar-refractivity contribution in [1.29, 1.82) is 0 Å². The molecule has 1 aliphatic carbocycles. The number of halogens is 8. The number of aryl methyl sites for hydroxylation is 1. The first kappa shape index (κ1) is 42.9. The van der Waals surface area contributed by atoms with Crippen molar-refractivity contribution in [2.24, 2.45) is 13.0 Å². The Hall–Kier alpha value is -5.23. The van der Waals surface area contributed by atoms with Gasteiger partial charge in [0.25, 0.3) is 5.92 Å². The van der Waals surface area contributed by atoms with Crippen molar-refractivity contribution in [1.82, 2.24) is 35.2 Å². The maximum atomic E-state index is 15.6. The maximum Gasteiger partial charge on any atom is 0.435 e.